The number of aromatic nitrogens is 2. The largest absolute Gasteiger partial charge is 0.347 e. The van der Waals surface area contributed by atoms with Crippen molar-refractivity contribution in [2.24, 2.45) is 0 Å². The number of benzene rings is 1. The van der Waals surface area contributed by atoms with Crippen LogP contribution in [0.4, 0.5) is 4.39 Å². The predicted octanol–water partition coefficient (Wildman–Crippen LogP) is 1.53. The topological polar surface area (TPSA) is 69.3 Å². The molecule has 0 bridgehead atoms. The van der Waals surface area contributed by atoms with E-state index in [0.29, 0.717) is 18.7 Å². The molecule has 1 saturated heterocycles. The number of hydrogen-bond acceptors (Lipinski definition) is 4. The number of imidazole rings is 1. The highest BCUT2D eigenvalue weighted by Gasteiger charge is 2.35. The van der Waals surface area contributed by atoms with Crippen LogP contribution in [0.25, 0.3) is 0 Å². The second-order valence-electron chi connectivity index (χ2n) is 5.74. The van der Waals surface area contributed by atoms with Crippen LogP contribution < -0.4 is 0 Å². The van der Waals surface area contributed by atoms with Gasteiger partial charge in [-0.25, -0.2) is 17.8 Å². The van der Waals surface area contributed by atoms with Gasteiger partial charge in [0.25, 0.3) is 0 Å². The van der Waals surface area contributed by atoms with Crippen LogP contribution in [0.15, 0.2) is 35.5 Å². The fourth-order valence-corrected chi connectivity index (χ4v) is 4.49. The molecule has 8 heteroatoms. The van der Waals surface area contributed by atoms with E-state index in [0.717, 1.165) is 11.9 Å². The summed E-state index contributed by atoms with van der Waals surface area (Å²) in [5.41, 5.74) is 0.542. The van der Waals surface area contributed by atoms with E-state index >= 15 is 0 Å². The SMILES string of the molecule is Cc1ccc(F)cc1S(=O)(=O)N1CCN(C)[C@H](c2ncc[nH]2)C1. The Hall–Kier alpha value is -1.77. The van der Waals surface area contributed by atoms with Crippen LogP contribution in [-0.2, 0) is 10.0 Å². The van der Waals surface area contributed by atoms with E-state index < -0.39 is 15.8 Å². The zero-order valence-corrected chi connectivity index (χ0v) is 13.8. The molecular weight excluding hydrogens is 319 g/mol. The quantitative estimate of drug-likeness (QED) is 0.922. The zero-order chi connectivity index (χ0) is 16.6. The van der Waals surface area contributed by atoms with E-state index in [-0.39, 0.29) is 17.5 Å². The third-order valence-corrected chi connectivity index (χ3v) is 6.22. The Kier molecular flexibility index (Phi) is 4.22. The summed E-state index contributed by atoms with van der Waals surface area (Å²) < 4.78 is 40.7. The first-order chi connectivity index (χ1) is 10.9. The lowest BCUT2D eigenvalue weighted by Crippen LogP contribution is -2.49. The minimum atomic E-state index is -3.74. The number of likely N-dealkylation sites (N-methyl/N-ethyl adjacent to an activating group) is 1. The van der Waals surface area contributed by atoms with Crippen LogP contribution in [0.3, 0.4) is 0 Å². The first-order valence-corrected chi connectivity index (χ1v) is 8.79. The highest BCUT2D eigenvalue weighted by molar-refractivity contribution is 7.89. The van der Waals surface area contributed by atoms with E-state index in [2.05, 4.69) is 14.9 Å². The Morgan fingerprint density at radius 2 is 2.13 bits per heavy atom. The van der Waals surface area contributed by atoms with Crippen LogP contribution in [0, 0.1) is 12.7 Å². The number of nitrogens with one attached hydrogen (secondary N) is 1. The molecular formula is C15H19FN4O2S. The number of aryl methyl sites for hydroxylation is 1. The minimum Gasteiger partial charge on any atom is -0.347 e. The number of H-pyrrole nitrogens is 1. The molecule has 1 aromatic heterocycles. The van der Waals surface area contributed by atoms with Crippen molar-refractivity contribution in [1.82, 2.24) is 19.2 Å². The highest BCUT2D eigenvalue weighted by Crippen LogP contribution is 2.27. The molecule has 0 spiro atoms. The zero-order valence-electron chi connectivity index (χ0n) is 13.0. The van der Waals surface area contributed by atoms with Gasteiger partial charge in [0, 0.05) is 32.0 Å². The molecule has 2 heterocycles. The molecule has 0 aliphatic carbocycles. The number of hydrogen-bond donors (Lipinski definition) is 1. The highest BCUT2D eigenvalue weighted by atomic mass is 32.2. The maximum Gasteiger partial charge on any atom is 0.243 e. The van der Waals surface area contributed by atoms with Gasteiger partial charge in [-0.15, -0.1) is 0 Å². The summed E-state index contributed by atoms with van der Waals surface area (Å²) in [5.74, 6) is 0.175. The van der Waals surface area contributed by atoms with Crippen molar-refractivity contribution in [3.63, 3.8) is 0 Å². The van der Waals surface area contributed by atoms with Crippen molar-refractivity contribution in [3.8, 4) is 0 Å². The molecule has 0 saturated carbocycles. The summed E-state index contributed by atoms with van der Waals surface area (Å²) in [4.78, 5) is 9.35. The number of halogens is 1. The molecule has 0 amide bonds. The number of rotatable bonds is 3. The molecule has 23 heavy (non-hydrogen) atoms. The number of sulfonamides is 1. The van der Waals surface area contributed by atoms with Gasteiger partial charge < -0.3 is 4.98 Å². The van der Waals surface area contributed by atoms with Crippen molar-refractivity contribution in [1.29, 1.82) is 0 Å². The van der Waals surface area contributed by atoms with Gasteiger partial charge in [0.15, 0.2) is 0 Å². The number of aromatic amines is 1. The Morgan fingerprint density at radius 3 is 2.83 bits per heavy atom. The van der Waals surface area contributed by atoms with Crippen LogP contribution in [-0.4, -0.2) is 54.3 Å². The van der Waals surface area contributed by atoms with Crippen LogP contribution in [0.1, 0.15) is 17.4 Å². The van der Waals surface area contributed by atoms with Crippen molar-refractivity contribution in [2.75, 3.05) is 26.7 Å². The standard InChI is InChI=1S/C15H19FN4O2S/c1-11-3-4-12(16)9-14(11)23(21,22)20-8-7-19(2)13(10-20)15-17-5-6-18-15/h3-6,9,13H,7-8,10H2,1-2H3,(H,17,18)/t13-/m0/s1. The van der Waals surface area contributed by atoms with Gasteiger partial charge in [-0.1, -0.05) is 6.07 Å². The monoisotopic (exact) mass is 338 g/mol. The lowest BCUT2D eigenvalue weighted by atomic mass is 10.2. The first-order valence-electron chi connectivity index (χ1n) is 7.35. The van der Waals surface area contributed by atoms with Crippen LogP contribution in [0.2, 0.25) is 0 Å². The summed E-state index contributed by atoms with van der Waals surface area (Å²) >= 11 is 0. The fraction of sp³-hybridized carbons (Fsp3) is 0.400. The smallest absolute Gasteiger partial charge is 0.243 e. The normalized spacial score (nSPS) is 20.7. The third-order valence-electron chi connectivity index (χ3n) is 4.21. The average molecular weight is 338 g/mol. The first kappa shape index (κ1) is 16.1. The number of piperazine rings is 1. The Balaban J connectivity index is 1.93. The molecule has 0 radical (unpaired) electrons. The Morgan fingerprint density at radius 1 is 1.35 bits per heavy atom. The van der Waals surface area contributed by atoms with Crippen LogP contribution >= 0.6 is 0 Å². The second kappa shape index (κ2) is 6.03. The van der Waals surface area contributed by atoms with E-state index in [9.17, 15) is 12.8 Å². The maximum absolute atomic E-state index is 13.5. The van der Waals surface area contributed by atoms with Crippen molar-refractivity contribution >= 4 is 10.0 Å². The van der Waals surface area contributed by atoms with Gasteiger partial charge in [0.05, 0.1) is 10.9 Å². The number of nitrogens with zero attached hydrogens (tertiary/aromatic N) is 3. The van der Waals surface area contributed by atoms with Crippen molar-refractivity contribution < 1.29 is 12.8 Å². The summed E-state index contributed by atoms with van der Waals surface area (Å²) in [5, 5.41) is 0. The van der Waals surface area contributed by atoms with Gasteiger partial charge in [0.1, 0.15) is 11.6 Å². The van der Waals surface area contributed by atoms with Gasteiger partial charge >= 0.3 is 0 Å². The molecule has 2 aromatic rings. The summed E-state index contributed by atoms with van der Waals surface area (Å²) in [6.45, 7) is 2.90. The molecule has 1 aromatic carbocycles. The lowest BCUT2D eigenvalue weighted by Gasteiger charge is -2.37. The van der Waals surface area contributed by atoms with E-state index in [1.54, 1.807) is 19.3 Å². The molecule has 1 aliphatic heterocycles. The molecule has 124 valence electrons. The lowest BCUT2D eigenvalue weighted by molar-refractivity contribution is 0.142. The molecule has 1 atom stereocenters. The molecule has 1 N–H and O–H groups in total. The molecule has 0 unspecified atom stereocenters. The third kappa shape index (κ3) is 3.01. The van der Waals surface area contributed by atoms with Gasteiger partial charge in [0.2, 0.25) is 10.0 Å². The Labute approximate surface area is 135 Å². The summed E-state index contributed by atoms with van der Waals surface area (Å²) in [6.07, 6.45) is 3.36. The van der Waals surface area contributed by atoms with Crippen molar-refractivity contribution in [3.05, 3.63) is 47.8 Å². The second-order valence-corrected chi connectivity index (χ2v) is 7.65. The fourth-order valence-electron chi connectivity index (χ4n) is 2.81. The van der Waals surface area contributed by atoms with Gasteiger partial charge in [-0.2, -0.15) is 4.31 Å². The molecule has 3 rings (SSSR count). The Bertz CT molecular complexity index is 792. The molecule has 6 nitrogen and oxygen atoms in total. The average Bonchev–Trinajstić information content (AvgIpc) is 3.04. The molecule has 1 fully saturated rings. The van der Waals surface area contributed by atoms with E-state index in [1.165, 1.54) is 16.4 Å². The van der Waals surface area contributed by atoms with E-state index in [4.69, 9.17) is 0 Å². The predicted molar refractivity (Wildman–Crippen MR) is 83.9 cm³/mol. The summed E-state index contributed by atoms with van der Waals surface area (Å²) in [7, 11) is -1.80. The van der Waals surface area contributed by atoms with E-state index in [1.807, 2.05) is 7.05 Å². The van der Waals surface area contributed by atoms with Gasteiger partial charge in [-0.05, 0) is 31.7 Å². The van der Waals surface area contributed by atoms with Crippen molar-refractivity contribution in [2.45, 2.75) is 17.9 Å². The molecule has 1 aliphatic rings. The summed E-state index contributed by atoms with van der Waals surface area (Å²) in [6, 6.07) is 3.69. The van der Waals surface area contributed by atoms with Gasteiger partial charge in [-0.3, -0.25) is 4.90 Å². The maximum atomic E-state index is 13.5. The van der Waals surface area contributed by atoms with Crippen LogP contribution in [0.5, 0.6) is 0 Å². The minimum absolute atomic E-state index is 0.0280.